The molecule has 1 N–H and O–H groups in total. The molecule has 0 fully saturated rings. The number of hydrogen-bond acceptors (Lipinski definition) is 3. The van der Waals surface area contributed by atoms with E-state index in [1.807, 2.05) is 48.5 Å². The molecule has 1 atom stereocenters. The highest BCUT2D eigenvalue weighted by atomic mass is 16.5. The van der Waals surface area contributed by atoms with E-state index in [0.717, 1.165) is 22.6 Å². The van der Waals surface area contributed by atoms with E-state index in [4.69, 9.17) is 9.47 Å². The molecule has 0 aliphatic rings. The Kier molecular flexibility index (Phi) is 5.02. The minimum Gasteiger partial charge on any atom is -0.493 e. The van der Waals surface area contributed by atoms with Gasteiger partial charge in [0, 0.05) is 5.92 Å². The summed E-state index contributed by atoms with van der Waals surface area (Å²) in [4.78, 5) is 0. The molecule has 0 radical (unpaired) electrons. The van der Waals surface area contributed by atoms with Crippen molar-refractivity contribution in [3.05, 3.63) is 59.7 Å². The quantitative estimate of drug-likeness (QED) is 0.878. The maximum atomic E-state index is 9.66. The van der Waals surface area contributed by atoms with Crippen molar-refractivity contribution < 1.29 is 14.6 Å². The van der Waals surface area contributed by atoms with Gasteiger partial charge in [0.25, 0.3) is 0 Å². The van der Waals surface area contributed by atoms with Crippen LogP contribution < -0.4 is 9.47 Å². The van der Waals surface area contributed by atoms with Crippen molar-refractivity contribution in [3.63, 3.8) is 0 Å². The third-order valence-corrected chi connectivity index (χ3v) is 3.44. The summed E-state index contributed by atoms with van der Waals surface area (Å²) >= 11 is 0. The van der Waals surface area contributed by atoms with Crippen LogP contribution >= 0.6 is 0 Å². The van der Waals surface area contributed by atoms with Gasteiger partial charge < -0.3 is 14.6 Å². The van der Waals surface area contributed by atoms with Crippen molar-refractivity contribution in [2.75, 3.05) is 20.8 Å². The topological polar surface area (TPSA) is 38.7 Å². The molecule has 0 aliphatic heterocycles. The fourth-order valence-corrected chi connectivity index (χ4v) is 2.39. The van der Waals surface area contributed by atoms with E-state index in [-0.39, 0.29) is 12.5 Å². The van der Waals surface area contributed by atoms with Crippen LogP contribution in [0.1, 0.15) is 17.0 Å². The lowest BCUT2D eigenvalue weighted by molar-refractivity contribution is 0.263. The van der Waals surface area contributed by atoms with E-state index in [9.17, 15) is 5.11 Å². The predicted octanol–water partition coefficient (Wildman–Crippen LogP) is 3.02. The Bertz CT molecular complexity index is 537. The van der Waals surface area contributed by atoms with Crippen LogP contribution in [0.2, 0.25) is 0 Å². The van der Waals surface area contributed by atoms with Crippen LogP contribution in [0.15, 0.2) is 48.5 Å². The number of aliphatic hydroxyl groups is 1. The fourth-order valence-electron chi connectivity index (χ4n) is 2.39. The Hall–Kier alpha value is -2.00. The van der Waals surface area contributed by atoms with Gasteiger partial charge in [0.1, 0.15) is 0 Å². The molecule has 1 unspecified atom stereocenters. The summed E-state index contributed by atoms with van der Waals surface area (Å²) in [5.74, 6) is 1.51. The largest absolute Gasteiger partial charge is 0.493 e. The van der Waals surface area contributed by atoms with E-state index in [1.165, 1.54) is 0 Å². The van der Waals surface area contributed by atoms with Crippen molar-refractivity contribution in [2.45, 2.75) is 12.3 Å². The molecule has 0 heterocycles. The molecule has 0 saturated heterocycles. The first-order valence-electron chi connectivity index (χ1n) is 6.65. The number of ether oxygens (including phenoxy) is 2. The van der Waals surface area contributed by atoms with Gasteiger partial charge >= 0.3 is 0 Å². The van der Waals surface area contributed by atoms with Crippen LogP contribution in [0.5, 0.6) is 11.5 Å². The fraction of sp³-hybridized carbons (Fsp3) is 0.294. The average molecular weight is 272 g/mol. The SMILES string of the molecule is COc1cccc(CC(CO)c2ccccc2)c1OC. The van der Waals surface area contributed by atoms with Crippen LogP contribution in [0.4, 0.5) is 0 Å². The molecule has 0 aliphatic carbocycles. The van der Waals surface area contributed by atoms with Gasteiger partial charge in [-0.15, -0.1) is 0 Å². The lowest BCUT2D eigenvalue weighted by Crippen LogP contribution is -2.09. The molecule has 2 rings (SSSR count). The zero-order valence-electron chi connectivity index (χ0n) is 11.9. The van der Waals surface area contributed by atoms with Crippen LogP contribution in [-0.2, 0) is 6.42 Å². The monoisotopic (exact) mass is 272 g/mol. The van der Waals surface area contributed by atoms with Gasteiger partial charge in [0.2, 0.25) is 0 Å². The molecular formula is C17H20O3. The Balaban J connectivity index is 2.28. The number of benzene rings is 2. The normalized spacial score (nSPS) is 11.9. The molecule has 3 heteroatoms. The lowest BCUT2D eigenvalue weighted by atomic mass is 9.92. The lowest BCUT2D eigenvalue weighted by Gasteiger charge is -2.18. The number of rotatable bonds is 6. The van der Waals surface area contributed by atoms with Gasteiger partial charge in [-0.2, -0.15) is 0 Å². The first-order valence-corrected chi connectivity index (χ1v) is 6.65. The van der Waals surface area contributed by atoms with E-state index in [0.29, 0.717) is 6.42 Å². The molecule has 2 aromatic carbocycles. The smallest absolute Gasteiger partial charge is 0.163 e. The second kappa shape index (κ2) is 6.96. The first-order chi connectivity index (χ1) is 9.80. The molecular weight excluding hydrogens is 252 g/mol. The summed E-state index contributed by atoms with van der Waals surface area (Å²) in [5.41, 5.74) is 2.16. The number of methoxy groups -OCH3 is 2. The van der Waals surface area contributed by atoms with Crippen molar-refractivity contribution in [2.24, 2.45) is 0 Å². The van der Waals surface area contributed by atoms with Crippen molar-refractivity contribution >= 4 is 0 Å². The third-order valence-electron chi connectivity index (χ3n) is 3.44. The molecule has 106 valence electrons. The van der Waals surface area contributed by atoms with Gasteiger partial charge in [0.05, 0.1) is 20.8 Å². The van der Waals surface area contributed by atoms with E-state index >= 15 is 0 Å². The minimum atomic E-state index is 0.0530. The van der Waals surface area contributed by atoms with Crippen molar-refractivity contribution in [1.82, 2.24) is 0 Å². The first kappa shape index (κ1) is 14.4. The van der Waals surface area contributed by atoms with Gasteiger partial charge in [-0.3, -0.25) is 0 Å². The maximum absolute atomic E-state index is 9.66. The predicted molar refractivity (Wildman–Crippen MR) is 79.5 cm³/mol. The molecule has 0 amide bonds. The highest BCUT2D eigenvalue weighted by Gasteiger charge is 2.16. The van der Waals surface area contributed by atoms with E-state index in [1.54, 1.807) is 14.2 Å². The summed E-state index contributed by atoms with van der Waals surface area (Å²) in [7, 11) is 3.26. The molecule has 3 nitrogen and oxygen atoms in total. The Morgan fingerprint density at radius 3 is 2.30 bits per heavy atom. The van der Waals surface area contributed by atoms with Crippen molar-refractivity contribution in [1.29, 1.82) is 0 Å². The minimum absolute atomic E-state index is 0.0530. The number of para-hydroxylation sites is 1. The second-order valence-electron chi connectivity index (χ2n) is 4.65. The van der Waals surface area contributed by atoms with Crippen LogP contribution in [0, 0.1) is 0 Å². The Labute approximate surface area is 119 Å². The van der Waals surface area contributed by atoms with E-state index in [2.05, 4.69) is 0 Å². The summed E-state index contributed by atoms with van der Waals surface area (Å²) in [5, 5.41) is 9.66. The zero-order chi connectivity index (χ0) is 14.4. The molecule has 0 bridgehead atoms. The second-order valence-corrected chi connectivity index (χ2v) is 4.65. The standard InChI is InChI=1S/C17H20O3/c1-19-16-10-6-9-14(17(16)20-2)11-15(12-18)13-7-4-3-5-8-13/h3-10,15,18H,11-12H2,1-2H3. The highest BCUT2D eigenvalue weighted by molar-refractivity contribution is 5.47. The van der Waals surface area contributed by atoms with E-state index < -0.39 is 0 Å². The summed E-state index contributed by atoms with van der Waals surface area (Å²) in [6, 6.07) is 15.8. The number of aliphatic hydroxyl groups excluding tert-OH is 1. The van der Waals surface area contributed by atoms with Gasteiger partial charge in [-0.25, -0.2) is 0 Å². The average Bonchev–Trinajstić information content (AvgIpc) is 2.52. The Morgan fingerprint density at radius 1 is 0.950 bits per heavy atom. The molecule has 20 heavy (non-hydrogen) atoms. The van der Waals surface area contributed by atoms with Crippen LogP contribution in [-0.4, -0.2) is 25.9 Å². The summed E-state index contributed by atoms with van der Waals surface area (Å²) in [6.45, 7) is 0.102. The summed E-state index contributed by atoms with van der Waals surface area (Å²) < 4.78 is 10.8. The third kappa shape index (κ3) is 3.11. The van der Waals surface area contributed by atoms with Crippen molar-refractivity contribution in [3.8, 4) is 11.5 Å². The molecule has 0 aromatic heterocycles. The molecule has 0 saturated carbocycles. The Morgan fingerprint density at radius 2 is 1.70 bits per heavy atom. The highest BCUT2D eigenvalue weighted by Crippen LogP contribution is 2.33. The van der Waals surface area contributed by atoms with Gasteiger partial charge in [-0.05, 0) is 23.6 Å². The van der Waals surface area contributed by atoms with Crippen LogP contribution in [0.3, 0.4) is 0 Å². The van der Waals surface area contributed by atoms with Gasteiger partial charge in [0.15, 0.2) is 11.5 Å². The summed E-state index contributed by atoms with van der Waals surface area (Å²) in [6.07, 6.45) is 0.709. The molecule has 0 spiro atoms. The number of hydrogen-bond donors (Lipinski definition) is 1. The van der Waals surface area contributed by atoms with Crippen LogP contribution in [0.25, 0.3) is 0 Å². The molecule has 2 aromatic rings. The van der Waals surface area contributed by atoms with Gasteiger partial charge in [-0.1, -0.05) is 42.5 Å². The zero-order valence-corrected chi connectivity index (χ0v) is 11.9. The maximum Gasteiger partial charge on any atom is 0.163 e.